The fourth-order valence-electron chi connectivity index (χ4n) is 4.62. The smallest absolute Gasteiger partial charge is 0.0428 e. The Morgan fingerprint density at radius 1 is 1.47 bits per heavy atom. The Labute approximate surface area is 114 Å². The zero-order valence-electron chi connectivity index (χ0n) is 11.1. The summed E-state index contributed by atoms with van der Waals surface area (Å²) < 4.78 is 0. The number of nitrogens with one attached hydrogen (secondary N) is 1. The van der Waals surface area contributed by atoms with Gasteiger partial charge in [0.05, 0.1) is 0 Å². The Kier molecular flexibility index (Phi) is 2.45. The maximum absolute atomic E-state index is 5.53. The van der Waals surface area contributed by atoms with E-state index >= 15 is 0 Å². The van der Waals surface area contributed by atoms with E-state index in [1.54, 1.807) is 6.20 Å². The highest BCUT2D eigenvalue weighted by Crippen LogP contribution is 2.53. The molecule has 3 heteroatoms. The monoisotopic (exact) mass is 253 g/mol. The van der Waals surface area contributed by atoms with Gasteiger partial charge in [0.2, 0.25) is 0 Å². The van der Waals surface area contributed by atoms with Crippen molar-refractivity contribution in [2.45, 2.75) is 24.3 Å². The molecule has 1 aromatic heterocycles. The van der Waals surface area contributed by atoms with Crippen LogP contribution in [0.25, 0.3) is 0 Å². The summed E-state index contributed by atoms with van der Waals surface area (Å²) in [6.45, 7) is 4.79. The van der Waals surface area contributed by atoms with Gasteiger partial charge in [-0.1, -0.05) is 5.92 Å². The van der Waals surface area contributed by atoms with Crippen molar-refractivity contribution in [3.63, 3.8) is 0 Å². The SMILES string of the molecule is C#Cc1cncc(C2C3CCN(C3)C23CCNC3)c1. The van der Waals surface area contributed by atoms with E-state index in [-0.39, 0.29) is 0 Å². The summed E-state index contributed by atoms with van der Waals surface area (Å²) in [5, 5.41) is 3.57. The molecule has 0 aliphatic carbocycles. The van der Waals surface area contributed by atoms with E-state index in [4.69, 9.17) is 6.42 Å². The minimum absolute atomic E-state index is 0.331. The van der Waals surface area contributed by atoms with E-state index in [9.17, 15) is 0 Å². The van der Waals surface area contributed by atoms with Crippen LogP contribution in [0.5, 0.6) is 0 Å². The fraction of sp³-hybridized carbons (Fsp3) is 0.562. The third kappa shape index (κ3) is 1.51. The molecular weight excluding hydrogens is 234 g/mol. The van der Waals surface area contributed by atoms with Crippen LogP contribution in [-0.2, 0) is 0 Å². The van der Waals surface area contributed by atoms with Crippen molar-refractivity contribution in [3.05, 3.63) is 29.6 Å². The summed E-state index contributed by atoms with van der Waals surface area (Å²) in [6, 6.07) is 2.18. The largest absolute Gasteiger partial charge is 0.315 e. The third-order valence-corrected chi connectivity index (χ3v) is 5.36. The van der Waals surface area contributed by atoms with Gasteiger partial charge in [-0.15, -0.1) is 6.42 Å². The highest BCUT2D eigenvalue weighted by atomic mass is 15.3. The van der Waals surface area contributed by atoms with E-state index in [0.29, 0.717) is 11.5 Å². The van der Waals surface area contributed by atoms with E-state index in [1.165, 1.54) is 31.5 Å². The molecule has 98 valence electrons. The van der Waals surface area contributed by atoms with Crippen LogP contribution in [0.3, 0.4) is 0 Å². The van der Waals surface area contributed by atoms with Gasteiger partial charge in [0, 0.05) is 42.5 Å². The minimum Gasteiger partial charge on any atom is -0.315 e. The van der Waals surface area contributed by atoms with E-state index in [0.717, 1.165) is 24.6 Å². The molecule has 3 saturated heterocycles. The Morgan fingerprint density at radius 3 is 3.21 bits per heavy atom. The van der Waals surface area contributed by atoms with Crippen molar-refractivity contribution in [3.8, 4) is 12.3 Å². The molecule has 3 aliphatic rings. The summed E-state index contributed by atoms with van der Waals surface area (Å²) >= 11 is 0. The van der Waals surface area contributed by atoms with Crippen LogP contribution in [-0.4, -0.2) is 41.6 Å². The first-order chi connectivity index (χ1) is 9.33. The topological polar surface area (TPSA) is 28.2 Å². The average Bonchev–Trinajstić information content (AvgIpc) is 3.15. The number of fused-ring (bicyclic) bond motifs is 3. The van der Waals surface area contributed by atoms with Crippen molar-refractivity contribution in [1.82, 2.24) is 15.2 Å². The van der Waals surface area contributed by atoms with E-state index in [1.807, 2.05) is 6.20 Å². The number of piperidine rings is 1. The number of hydrogen-bond acceptors (Lipinski definition) is 3. The summed E-state index contributed by atoms with van der Waals surface area (Å²) in [6.07, 6.45) is 11.9. The maximum Gasteiger partial charge on any atom is 0.0428 e. The van der Waals surface area contributed by atoms with Crippen molar-refractivity contribution < 1.29 is 0 Å². The summed E-state index contributed by atoms with van der Waals surface area (Å²) in [4.78, 5) is 7.07. The molecule has 1 spiro atoms. The molecule has 0 radical (unpaired) electrons. The molecule has 1 N–H and O–H groups in total. The Morgan fingerprint density at radius 2 is 2.42 bits per heavy atom. The summed E-state index contributed by atoms with van der Waals surface area (Å²) in [5.41, 5.74) is 2.60. The number of terminal acetylenes is 1. The molecular formula is C16H19N3. The second kappa shape index (κ2) is 4.06. The van der Waals surface area contributed by atoms with Crippen LogP contribution < -0.4 is 5.32 Å². The van der Waals surface area contributed by atoms with Crippen LogP contribution in [0.1, 0.15) is 29.9 Å². The first kappa shape index (κ1) is 11.5. The quantitative estimate of drug-likeness (QED) is 0.763. The van der Waals surface area contributed by atoms with Crippen molar-refractivity contribution in [1.29, 1.82) is 0 Å². The standard InChI is InChI=1S/C16H19N3/c1-2-12-7-14(9-18-8-12)15-13-3-6-19(10-13)16(15)4-5-17-11-16/h1,7-9,13,15,17H,3-6,10-11H2. The highest BCUT2D eigenvalue weighted by Gasteiger charge is 2.58. The molecule has 4 atom stereocenters. The lowest BCUT2D eigenvalue weighted by molar-refractivity contribution is 0.130. The van der Waals surface area contributed by atoms with Gasteiger partial charge >= 0.3 is 0 Å². The average molecular weight is 253 g/mol. The molecule has 3 aliphatic heterocycles. The summed E-state index contributed by atoms with van der Waals surface area (Å²) in [5.74, 6) is 4.12. The maximum atomic E-state index is 5.53. The highest BCUT2D eigenvalue weighted by molar-refractivity contribution is 5.37. The summed E-state index contributed by atoms with van der Waals surface area (Å²) in [7, 11) is 0. The van der Waals surface area contributed by atoms with Crippen LogP contribution in [0.4, 0.5) is 0 Å². The molecule has 1 aromatic rings. The van der Waals surface area contributed by atoms with Crippen molar-refractivity contribution in [2.75, 3.05) is 26.2 Å². The van der Waals surface area contributed by atoms with Crippen molar-refractivity contribution >= 4 is 0 Å². The predicted octanol–water partition coefficient (Wildman–Crippen LogP) is 1.21. The van der Waals surface area contributed by atoms with Crippen LogP contribution in [0, 0.1) is 18.3 Å². The molecule has 0 amide bonds. The zero-order chi connectivity index (χ0) is 12.9. The molecule has 0 aromatic carbocycles. The molecule has 4 heterocycles. The van der Waals surface area contributed by atoms with Crippen LogP contribution in [0.2, 0.25) is 0 Å². The predicted molar refractivity (Wildman–Crippen MR) is 74.8 cm³/mol. The third-order valence-electron chi connectivity index (χ3n) is 5.36. The zero-order valence-corrected chi connectivity index (χ0v) is 11.1. The lowest BCUT2D eigenvalue weighted by atomic mass is 9.72. The first-order valence-corrected chi connectivity index (χ1v) is 7.21. The van der Waals surface area contributed by atoms with Gasteiger partial charge in [-0.2, -0.15) is 0 Å². The normalized spacial score (nSPS) is 39.8. The molecule has 3 fully saturated rings. The van der Waals surface area contributed by atoms with Gasteiger partial charge in [0.25, 0.3) is 0 Å². The molecule has 19 heavy (non-hydrogen) atoms. The van der Waals surface area contributed by atoms with Crippen LogP contribution >= 0.6 is 0 Å². The Hall–Kier alpha value is -1.37. The molecule has 4 unspecified atom stereocenters. The van der Waals surface area contributed by atoms with E-state index in [2.05, 4.69) is 27.2 Å². The van der Waals surface area contributed by atoms with Gasteiger partial charge in [-0.3, -0.25) is 9.88 Å². The number of aromatic nitrogens is 1. The van der Waals surface area contributed by atoms with Gasteiger partial charge in [-0.25, -0.2) is 0 Å². The minimum atomic E-state index is 0.331. The number of rotatable bonds is 1. The van der Waals surface area contributed by atoms with E-state index < -0.39 is 0 Å². The molecule has 4 rings (SSSR count). The first-order valence-electron chi connectivity index (χ1n) is 7.21. The Balaban J connectivity index is 1.78. The van der Waals surface area contributed by atoms with Gasteiger partial charge in [0.15, 0.2) is 0 Å². The van der Waals surface area contributed by atoms with Gasteiger partial charge < -0.3 is 5.32 Å². The molecule has 3 nitrogen and oxygen atoms in total. The van der Waals surface area contributed by atoms with Crippen LogP contribution in [0.15, 0.2) is 18.5 Å². The number of pyridine rings is 1. The lowest BCUT2D eigenvalue weighted by Crippen LogP contribution is -2.50. The molecule has 2 bridgehead atoms. The second-order valence-corrected chi connectivity index (χ2v) is 6.15. The van der Waals surface area contributed by atoms with Gasteiger partial charge in [-0.05, 0) is 43.5 Å². The fourth-order valence-corrected chi connectivity index (χ4v) is 4.62. The Bertz CT molecular complexity index is 539. The van der Waals surface area contributed by atoms with Crippen molar-refractivity contribution in [2.24, 2.45) is 5.92 Å². The number of nitrogens with zero attached hydrogens (tertiary/aromatic N) is 2. The van der Waals surface area contributed by atoms with Gasteiger partial charge in [0.1, 0.15) is 0 Å². The second-order valence-electron chi connectivity index (χ2n) is 6.15. The number of hydrogen-bond donors (Lipinski definition) is 1. The molecule has 0 saturated carbocycles. The lowest BCUT2D eigenvalue weighted by Gasteiger charge is -2.42.